The molecule has 0 bridgehead atoms. The van der Waals surface area contributed by atoms with E-state index < -0.39 is 0 Å². The highest BCUT2D eigenvalue weighted by Crippen LogP contribution is 2.15. The van der Waals surface area contributed by atoms with E-state index in [4.69, 9.17) is 4.74 Å². The third-order valence-electron chi connectivity index (χ3n) is 5.07. The van der Waals surface area contributed by atoms with E-state index in [1.807, 2.05) is 36.4 Å². The number of H-pyrrole nitrogens is 1. The van der Waals surface area contributed by atoms with Crippen LogP contribution in [0.5, 0.6) is 5.75 Å². The molecule has 1 aliphatic heterocycles. The monoisotopic (exact) mass is 364 g/mol. The fourth-order valence-electron chi connectivity index (χ4n) is 3.52. The maximum Gasteiger partial charge on any atom is 0.258 e. The van der Waals surface area contributed by atoms with Crippen LogP contribution in [0.25, 0.3) is 10.9 Å². The van der Waals surface area contributed by atoms with Crippen molar-refractivity contribution in [2.45, 2.75) is 13.1 Å². The van der Waals surface area contributed by atoms with E-state index >= 15 is 0 Å². The first-order valence-electron chi connectivity index (χ1n) is 9.27. The predicted octanol–water partition coefficient (Wildman–Crippen LogP) is 2.25. The molecule has 1 saturated heterocycles. The standard InChI is InChI=1S/C21H24N4O2/c1-27-17-8-6-16(7-9-17)14-24-10-12-25(13-11-24)15-20-22-19-5-3-2-4-18(19)21(26)23-20/h2-9H,10-15H2,1H3,(H,22,23,26). The Labute approximate surface area is 158 Å². The summed E-state index contributed by atoms with van der Waals surface area (Å²) in [4.78, 5) is 24.5. The molecule has 0 saturated carbocycles. The zero-order valence-electron chi connectivity index (χ0n) is 15.5. The van der Waals surface area contributed by atoms with Crippen molar-refractivity contribution in [2.24, 2.45) is 0 Å². The lowest BCUT2D eigenvalue weighted by molar-refractivity contribution is 0.120. The van der Waals surface area contributed by atoms with Crippen LogP contribution in [-0.2, 0) is 13.1 Å². The average molecular weight is 364 g/mol. The van der Waals surface area contributed by atoms with E-state index in [1.165, 1.54) is 5.56 Å². The number of hydrogen-bond acceptors (Lipinski definition) is 5. The summed E-state index contributed by atoms with van der Waals surface area (Å²) >= 11 is 0. The summed E-state index contributed by atoms with van der Waals surface area (Å²) in [6, 6.07) is 15.7. The van der Waals surface area contributed by atoms with Crippen molar-refractivity contribution >= 4 is 10.9 Å². The Bertz CT molecular complexity index is 960. The highest BCUT2D eigenvalue weighted by atomic mass is 16.5. The molecule has 2 heterocycles. The molecule has 1 aliphatic rings. The lowest BCUT2D eigenvalue weighted by Gasteiger charge is -2.34. The van der Waals surface area contributed by atoms with Gasteiger partial charge in [0.2, 0.25) is 0 Å². The number of nitrogens with one attached hydrogen (secondary N) is 1. The molecule has 0 unspecified atom stereocenters. The molecule has 0 spiro atoms. The van der Waals surface area contributed by atoms with Gasteiger partial charge in [-0.05, 0) is 29.8 Å². The van der Waals surface area contributed by atoms with Gasteiger partial charge >= 0.3 is 0 Å². The van der Waals surface area contributed by atoms with Gasteiger partial charge in [0.25, 0.3) is 5.56 Å². The second-order valence-electron chi connectivity index (χ2n) is 6.93. The molecule has 2 aromatic carbocycles. The van der Waals surface area contributed by atoms with Gasteiger partial charge in [-0.2, -0.15) is 0 Å². The van der Waals surface area contributed by atoms with E-state index in [0.29, 0.717) is 11.9 Å². The number of benzene rings is 2. The van der Waals surface area contributed by atoms with Crippen LogP contribution < -0.4 is 10.3 Å². The van der Waals surface area contributed by atoms with Gasteiger partial charge in [-0.3, -0.25) is 14.6 Å². The lowest BCUT2D eigenvalue weighted by Crippen LogP contribution is -2.45. The summed E-state index contributed by atoms with van der Waals surface area (Å²) in [5.74, 6) is 1.63. The number of nitrogens with zero attached hydrogens (tertiary/aromatic N) is 3. The Morgan fingerprint density at radius 1 is 0.963 bits per heavy atom. The summed E-state index contributed by atoms with van der Waals surface area (Å²) in [6.07, 6.45) is 0. The first kappa shape index (κ1) is 17.7. The van der Waals surface area contributed by atoms with Gasteiger partial charge in [0.1, 0.15) is 11.6 Å². The molecule has 0 radical (unpaired) electrons. The number of fused-ring (bicyclic) bond motifs is 1. The molecule has 1 aromatic heterocycles. The second kappa shape index (κ2) is 7.90. The number of methoxy groups -OCH3 is 1. The Morgan fingerprint density at radius 3 is 2.33 bits per heavy atom. The highest BCUT2D eigenvalue weighted by molar-refractivity contribution is 5.77. The topological polar surface area (TPSA) is 61.5 Å². The molecule has 1 N–H and O–H groups in total. The number of ether oxygens (including phenoxy) is 1. The Morgan fingerprint density at radius 2 is 1.63 bits per heavy atom. The van der Waals surface area contributed by atoms with Crippen LogP contribution in [0.2, 0.25) is 0 Å². The molecule has 0 aliphatic carbocycles. The van der Waals surface area contributed by atoms with Crippen LogP contribution in [0.4, 0.5) is 0 Å². The number of para-hydroxylation sites is 1. The van der Waals surface area contributed by atoms with Crippen LogP contribution in [0.1, 0.15) is 11.4 Å². The van der Waals surface area contributed by atoms with E-state index in [1.54, 1.807) is 7.11 Å². The average Bonchev–Trinajstić information content (AvgIpc) is 2.70. The lowest BCUT2D eigenvalue weighted by atomic mass is 10.2. The number of hydrogen-bond donors (Lipinski definition) is 1. The van der Waals surface area contributed by atoms with Gasteiger partial charge < -0.3 is 9.72 Å². The molecule has 0 atom stereocenters. The first-order valence-corrected chi connectivity index (χ1v) is 9.27. The van der Waals surface area contributed by atoms with Crippen molar-refractivity contribution in [3.8, 4) is 5.75 Å². The Hall–Kier alpha value is -2.70. The first-order chi connectivity index (χ1) is 13.2. The fraction of sp³-hybridized carbons (Fsp3) is 0.333. The molecule has 4 rings (SSSR count). The third-order valence-corrected chi connectivity index (χ3v) is 5.07. The van der Waals surface area contributed by atoms with E-state index in [9.17, 15) is 4.79 Å². The smallest absolute Gasteiger partial charge is 0.258 e. The summed E-state index contributed by atoms with van der Waals surface area (Å²) in [6.45, 7) is 5.56. The molecule has 140 valence electrons. The predicted molar refractivity (Wildman–Crippen MR) is 106 cm³/mol. The third kappa shape index (κ3) is 4.18. The number of rotatable bonds is 5. The summed E-state index contributed by atoms with van der Waals surface area (Å²) in [5, 5.41) is 0.644. The molecule has 1 fully saturated rings. The minimum absolute atomic E-state index is 0.0614. The van der Waals surface area contributed by atoms with Crippen LogP contribution in [0.3, 0.4) is 0 Å². The summed E-state index contributed by atoms with van der Waals surface area (Å²) in [7, 11) is 1.69. The number of piperazine rings is 1. The van der Waals surface area contributed by atoms with Gasteiger partial charge in [-0.25, -0.2) is 4.98 Å². The molecule has 6 heteroatoms. The van der Waals surface area contributed by atoms with Gasteiger partial charge in [-0.1, -0.05) is 24.3 Å². The van der Waals surface area contributed by atoms with Gasteiger partial charge in [0.15, 0.2) is 0 Å². The van der Waals surface area contributed by atoms with Gasteiger partial charge in [-0.15, -0.1) is 0 Å². The molecular weight excluding hydrogens is 340 g/mol. The minimum Gasteiger partial charge on any atom is -0.497 e. The number of aromatic nitrogens is 2. The summed E-state index contributed by atoms with van der Waals surface area (Å²) < 4.78 is 5.21. The Balaban J connectivity index is 1.34. The zero-order chi connectivity index (χ0) is 18.6. The second-order valence-corrected chi connectivity index (χ2v) is 6.93. The Kier molecular flexibility index (Phi) is 5.18. The summed E-state index contributed by atoms with van der Waals surface area (Å²) in [5.41, 5.74) is 1.99. The van der Waals surface area contributed by atoms with E-state index in [-0.39, 0.29) is 5.56 Å². The van der Waals surface area contributed by atoms with Gasteiger partial charge in [0, 0.05) is 32.7 Å². The molecular formula is C21H24N4O2. The minimum atomic E-state index is -0.0614. The van der Waals surface area contributed by atoms with Crippen LogP contribution >= 0.6 is 0 Å². The molecule has 6 nitrogen and oxygen atoms in total. The van der Waals surface area contributed by atoms with Crippen molar-refractivity contribution in [1.82, 2.24) is 19.8 Å². The maximum absolute atomic E-state index is 12.2. The highest BCUT2D eigenvalue weighted by Gasteiger charge is 2.18. The van der Waals surface area contributed by atoms with E-state index in [0.717, 1.165) is 49.8 Å². The number of aromatic amines is 1. The van der Waals surface area contributed by atoms with Crippen LogP contribution in [0.15, 0.2) is 53.3 Å². The normalized spacial score (nSPS) is 15.9. The van der Waals surface area contributed by atoms with Gasteiger partial charge in [0.05, 0.1) is 24.6 Å². The van der Waals surface area contributed by atoms with Crippen molar-refractivity contribution in [2.75, 3.05) is 33.3 Å². The largest absolute Gasteiger partial charge is 0.497 e. The van der Waals surface area contributed by atoms with Crippen molar-refractivity contribution in [1.29, 1.82) is 0 Å². The van der Waals surface area contributed by atoms with Crippen LogP contribution in [-0.4, -0.2) is 53.1 Å². The molecule has 3 aromatic rings. The molecule has 0 amide bonds. The van der Waals surface area contributed by atoms with Crippen molar-refractivity contribution in [3.05, 3.63) is 70.3 Å². The maximum atomic E-state index is 12.2. The van der Waals surface area contributed by atoms with Crippen LogP contribution in [0, 0.1) is 0 Å². The van der Waals surface area contributed by atoms with Crippen molar-refractivity contribution in [3.63, 3.8) is 0 Å². The quantitative estimate of drug-likeness (QED) is 0.752. The fourth-order valence-corrected chi connectivity index (χ4v) is 3.52. The molecule has 27 heavy (non-hydrogen) atoms. The van der Waals surface area contributed by atoms with Crippen molar-refractivity contribution < 1.29 is 4.74 Å². The SMILES string of the molecule is COc1ccc(CN2CCN(Cc3nc4ccccc4c(=O)[nH]3)CC2)cc1. The van der Waals surface area contributed by atoms with E-state index in [2.05, 4.69) is 31.9 Å². The zero-order valence-corrected chi connectivity index (χ0v) is 15.5.